The van der Waals surface area contributed by atoms with Gasteiger partial charge in [0.05, 0.1) is 0 Å². The van der Waals surface area contributed by atoms with Crippen LogP contribution in [0, 0.1) is 17.8 Å². The minimum atomic E-state index is 0.498. The van der Waals surface area contributed by atoms with Crippen LogP contribution in [0.3, 0.4) is 0 Å². The Balaban J connectivity index is 1.99. The van der Waals surface area contributed by atoms with Gasteiger partial charge >= 0.3 is 0 Å². The predicted octanol–water partition coefficient (Wildman–Crippen LogP) is 3.52. The number of nitrogens with two attached hydrogens (primary N) is 1. The van der Waals surface area contributed by atoms with Gasteiger partial charge in [-0.25, -0.2) is 0 Å². The third kappa shape index (κ3) is 4.05. The van der Waals surface area contributed by atoms with Crippen LogP contribution >= 0.6 is 23.5 Å². The van der Waals surface area contributed by atoms with Crippen LogP contribution in [0.1, 0.15) is 47.0 Å². The lowest BCUT2D eigenvalue weighted by molar-refractivity contribution is 0.176. The molecule has 0 amide bonds. The Morgan fingerprint density at radius 2 is 1.63 bits per heavy atom. The van der Waals surface area contributed by atoms with Gasteiger partial charge in [0, 0.05) is 27.5 Å². The van der Waals surface area contributed by atoms with Crippen LogP contribution in [-0.2, 0) is 0 Å². The largest absolute Gasteiger partial charge is 0.271 e. The SMILES string of the molecule is CC1CC(C)CC(C(NN)C2CSC(C)C(C)S2)C1. The number of nitrogens with one attached hydrogen (secondary N) is 1. The highest BCUT2D eigenvalue weighted by atomic mass is 32.2. The lowest BCUT2D eigenvalue weighted by Gasteiger charge is -2.42. The summed E-state index contributed by atoms with van der Waals surface area (Å²) >= 11 is 4.29. The van der Waals surface area contributed by atoms with Gasteiger partial charge in [-0.3, -0.25) is 11.3 Å². The molecule has 6 atom stereocenters. The fourth-order valence-electron chi connectivity index (χ4n) is 3.85. The van der Waals surface area contributed by atoms with Gasteiger partial charge < -0.3 is 0 Å². The van der Waals surface area contributed by atoms with Crippen molar-refractivity contribution in [2.45, 2.75) is 68.7 Å². The van der Waals surface area contributed by atoms with Gasteiger partial charge in [-0.05, 0) is 37.0 Å². The summed E-state index contributed by atoms with van der Waals surface area (Å²) in [7, 11) is 0. The molecular formula is C15H30N2S2. The molecule has 0 aromatic heterocycles. The summed E-state index contributed by atoms with van der Waals surface area (Å²) in [5.41, 5.74) is 3.18. The van der Waals surface area contributed by atoms with Crippen LogP contribution in [0.2, 0.25) is 0 Å². The molecule has 2 nitrogen and oxygen atoms in total. The van der Waals surface area contributed by atoms with Gasteiger partial charge in [0.25, 0.3) is 0 Å². The Bertz CT molecular complexity index is 277. The Morgan fingerprint density at radius 3 is 2.16 bits per heavy atom. The summed E-state index contributed by atoms with van der Waals surface area (Å²) in [6, 6.07) is 0.498. The molecule has 2 rings (SSSR count). The van der Waals surface area contributed by atoms with Crippen LogP contribution in [0.5, 0.6) is 0 Å². The molecule has 1 saturated carbocycles. The smallest absolute Gasteiger partial charge is 0.0365 e. The molecule has 19 heavy (non-hydrogen) atoms. The molecular weight excluding hydrogens is 272 g/mol. The highest BCUT2D eigenvalue weighted by Crippen LogP contribution is 2.42. The molecule has 1 saturated heterocycles. The number of thioether (sulfide) groups is 2. The molecule has 0 bridgehead atoms. The molecule has 1 heterocycles. The van der Waals surface area contributed by atoms with Crippen molar-refractivity contribution in [2.75, 3.05) is 5.75 Å². The summed E-state index contributed by atoms with van der Waals surface area (Å²) in [4.78, 5) is 0. The summed E-state index contributed by atoms with van der Waals surface area (Å²) < 4.78 is 0. The van der Waals surface area contributed by atoms with Crippen LogP contribution < -0.4 is 11.3 Å². The summed E-state index contributed by atoms with van der Waals surface area (Å²) in [5.74, 6) is 9.68. The highest BCUT2D eigenvalue weighted by Gasteiger charge is 2.37. The fraction of sp³-hybridized carbons (Fsp3) is 1.00. The molecule has 1 aliphatic carbocycles. The summed E-state index contributed by atoms with van der Waals surface area (Å²) in [6.45, 7) is 9.54. The van der Waals surface area contributed by atoms with Crippen molar-refractivity contribution in [3.8, 4) is 0 Å². The first-order valence-electron chi connectivity index (χ1n) is 7.74. The molecule has 1 aliphatic heterocycles. The molecule has 3 N–H and O–H groups in total. The lowest BCUT2D eigenvalue weighted by Crippen LogP contribution is -2.52. The van der Waals surface area contributed by atoms with Gasteiger partial charge in [-0.1, -0.05) is 27.7 Å². The average molecular weight is 303 g/mol. The zero-order chi connectivity index (χ0) is 14.0. The lowest BCUT2D eigenvalue weighted by atomic mass is 9.73. The maximum atomic E-state index is 5.93. The molecule has 6 unspecified atom stereocenters. The Morgan fingerprint density at radius 1 is 1.00 bits per heavy atom. The minimum Gasteiger partial charge on any atom is -0.271 e. The second-order valence-corrected chi connectivity index (χ2v) is 9.82. The van der Waals surface area contributed by atoms with Gasteiger partial charge in [-0.15, -0.1) is 0 Å². The van der Waals surface area contributed by atoms with Gasteiger partial charge in [0.15, 0.2) is 0 Å². The van der Waals surface area contributed by atoms with E-state index in [0.717, 1.165) is 28.3 Å². The maximum absolute atomic E-state index is 5.93. The van der Waals surface area contributed by atoms with Crippen LogP contribution in [0.15, 0.2) is 0 Å². The molecule has 2 fully saturated rings. The quantitative estimate of drug-likeness (QED) is 0.618. The summed E-state index contributed by atoms with van der Waals surface area (Å²) in [6.07, 6.45) is 4.10. The second-order valence-electron chi connectivity index (χ2n) is 6.79. The first-order valence-corrected chi connectivity index (χ1v) is 9.73. The number of hydrazine groups is 1. The second kappa shape index (κ2) is 7.06. The van der Waals surface area contributed by atoms with Crippen LogP contribution in [-0.4, -0.2) is 27.5 Å². The first kappa shape index (κ1) is 16.0. The van der Waals surface area contributed by atoms with Crippen molar-refractivity contribution >= 4 is 23.5 Å². The molecule has 4 heteroatoms. The van der Waals surface area contributed by atoms with Gasteiger partial charge in [-0.2, -0.15) is 23.5 Å². The molecule has 0 aromatic rings. The summed E-state index contributed by atoms with van der Waals surface area (Å²) in [5, 5.41) is 2.21. The highest BCUT2D eigenvalue weighted by molar-refractivity contribution is 8.07. The van der Waals surface area contributed by atoms with Crippen molar-refractivity contribution < 1.29 is 0 Å². The van der Waals surface area contributed by atoms with E-state index in [1.54, 1.807) is 0 Å². The maximum Gasteiger partial charge on any atom is 0.0365 e. The molecule has 112 valence electrons. The average Bonchev–Trinajstić information content (AvgIpc) is 2.33. The van der Waals surface area contributed by atoms with E-state index in [-0.39, 0.29) is 0 Å². The topological polar surface area (TPSA) is 38.0 Å². The molecule has 0 radical (unpaired) electrons. The third-order valence-electron chi connectivity index (χ3n) is 4.89. The minimum absolute atomic E-state index is 0.498. The standard InChI is InChI=1S/C15H30N2S2/c1-9-5-10(2)7-13(6-9)15(17-16)14-8-18-11(3)12(4)19-14/h9-15,17H,5-8,16H2,1-4H3. The molecule has 0 spiro atoms. The van der Waals surface area contributed by atoms with E-state index in [1.807, 2.05) is 0 Å². The van der Waals surface area contributed by atoms with Gasteiger partial charge in [0.1, 0.15) is 0 Å². The van der Waals surface area contributed by atoms with Crippen molar-refractivity contribution in [3.63, 3.8) is 0 Å². The molecule has 2 aliphatic rings. The van der Waals surface area contributed by atoms with E-state index in [9.17, 15) is 0 Å². The monoisotopic (exact) mass is 302 g/mol. The van der Waals surface area contributed by atoms with E-state index < -0.39 is 0 Å². The van der Waals surface area contributed by atoms with Crippen LogP contribution in [0.4, 0.5) is 0 Å². The van der Waals surface area contributed by atoms with Crippen molar-refractivity contribution in [3.05, 3.63) is 0 Å². The number of hydrogen-bond acceptors (Lipinski definition) is 4. The number of rotatable bonds is 3. The molecule has 0 aromatic carbocycles. The Kier molecular flexibility index (Phi) is 5.94. The van der Waals surface area contributed by atoms with Crippen molar-refractivity contribution in [1.29, 1.82) is 0 Å². The zero-order valence-corrected chi connectivity index (χ0v) is 14.4. The third-order valence-corrected chi connectivity index (χ3v) is 8.41. The van der Waals surface area contributed by atoms with E-state index in [1.165, 1.54) is 25.0 Å². The van der Waals surface area contributed by atoms with E-state index in [2.05, 4.69) is 56.6 Å². The van der Waals surface area contributed by atoms with Crippen LogP contribution in [0.25, 0.3) is 0 Å². The Labute approximate surface area is 127 Å². The zero-order valence-electron chi connectivity index (χ0n) is 12.8. The predicted molar refractivity (Wildman–Crippen MR) is 89.5 cm³/mol. The van der Waals surface area contributed by atoms with Crippen molar-refractivity contribution in [2.24, 2.45) is 23.6 Å². The van der Waals surface area contributed by atoms with Gasteiger partial charge in [0.2, 0.25) is 0 Å². The van der Waals surface area contributed by atoms with Crippen molar-refractivity contribution in [1.82, 2.24) is 5.43 Å². The fourth-order valence-corrected chi connectivity index (χ4v) is 7.04. The Hall–Kier alpha value is 0.620. The first-order chi connectivity index (χ1) is 9.01. The normalized spacial score (nSPS) is 45.9. The van der Waals surface area contributed by atoms with E-state index >= 15 is 0 Å². The van der Waals surface area contributed by atoms with E-state index in [0.29, 0.717) is 11.3 Å². The number of hydrogen-bond donors (Lipinski definition) is 2. The van der Waals surface area contributed by atoms with E-state index in [4.69, 9.17) is 5.84 Å².